The van der Waals surface area contributed by atoms with E-state index < -0.39 is 4.92 Å². The van der Waals surface area contributed by atoms with Gasteiger partial charge in [-0.15, -0.1) is 0 Å². The zero-order chi connectivity index (χ0) is 14.0. The lowest BCUT2D eigenvalue weighted by Gasteiger charge is -2.09. The summed E-state index contributed by atoms with van der Waals surface area (Å²) in [7, 11) is 0. The highest BCUT2D eigenvalue weighted by Crippen LogP contribution is 2.36. The summed E-state index contributed by atoms with van der Waals surface area (Å²) >= 11 is 3.16. The topological polar surface area (TPSA) is 91.3 Å². The van der Waals surface area contributed by atoms with Crippen molar-refractivity contribution in [2.45, 2.75) is 6.92 Å². The Balaban J connectivity index is 2.38. The average Bonchev–Trinajstić information content (AvgIpc) is 2.34. The Hall–Kier alpha value is -2.15. The minimum atomic E-state index is -0.486. The molecule has 0 amide bonds. The third kappa shape index (κ3) is 2.82. The van der Waals surface area contributed by atoms with Crippen molar-refractivity contribution in [1.29, 1.82) is 0 Å². The van der Waals surface area contributed by atoms with Gasteiger partial charge in [0.05, 0.1) is 16.8 Å². The van der Waals surface area contributed by atoms with E-state index in [1.54, 1.807) is 25.1 Å². The molecule has 0 aliphatic rings. The third-order valence-corrected chi connectivity index (χ3v) is 3.19. The van der Waals surface area contributed by atoms with Gasteiger partial charge in [-0.25, -0.2) is 4.98 Å². The summed E-state index contributed by atoms with van der Waals surface area (Å²) in [5.41, 5.74) is 6.81. The number of hydrogen-bond acceptors (Lipinski definition) is 5. The number of nitrogens with two attached hydrogens (primary N) is 1. The van der Waals surface area contributed by atoms with E-state index in [0.29, 0.717) is 17.3 Å². The molecule has 0 aliphatic carbocycles. The molecule has 1 aromatic heterocycles. The average molecular weight is 324 g/mol. The quantitative estimate of drug-likeness (QED) is 0.690. The second-order valence-corrected chi connectivity index (χ2v) is 4.63. The molecule has 2 rings (SSSR count). The highest BCUT2D eigenvalue weighted by atomic mass is 79.9. The molecule has 1 heterocycles. The first kappa shape index (κ1) is 13.3. The number of aromatic nitrogens is 1. The van der Waals surface area contributed by atoms with Crippen LogP contribution in [0, 0.1) is 17.0 Å². The first-order valence-electron chi connectivity index (χ1n) is 5.32. The maximum Gasteiger partial charge on any atom is 0.287 e. The SMILES string of the molecule is Cc1cc(N)cnc1Oc1cccc([N+](=O)[O-])c1Br. The molecule has 0 spiro atoms. The number of ether oxygens (including phenoxy) is 1. The van der Waals surface area contributed by atoms with E-state index in [-0.39, 0.29) is 10.2 Å². The highest BCUT2D eigenvalue weighted by Gasteiger charge is 2.17. The van der Waals surface area contributed by atoms with E-state index in [9.17, 15) is 10.1 Å². The molecule has 0 radical (unpaired) electrons. The van der Waals surface area contributed by atoms with Crippen molar-refractivity contribution in [2.75, 3.05) is 5.73 Å². The zero-order valence-electron chi connectivity index (χ0n) is 9.96. The predicted molar refractivity (Wildman–Crippen MR) is 74.3 cm³/mol. The minimum Gasteiger partial charge on any atom is -0.437 e. The van der Waals surface area contributed by atoms with Crippen molar-refractivity contribution >= 4 is 27.3 Å². The first-order chi connectivity index (χ1) is 8.99. The molecule has 2 N–H and O–H groups in total. The van der Waals surface area contributed by atoms with Crippen LogP contribution in [-0.2, 0) is 0 Å². The number of nitro groups is 1. The van der Waals surface area contributed by atoms with Gasteiger partial charge in [-0.05, 0) is 35.0 Å². The summed E-state index contributed by atoms with van der Waals surface area (Å²) < 4.78 is 5.84. The Morgan fingerprint density at radius 1 is 1.47 bits per heavy atom. The van der Waals surface area contributed by atoms with Gasteiger partial charge in [-0.3, -0.25) is 10.1 Å². The Morgan fingerprint density at radius 3 is 2.84 bits per heavy atom. The molecule has 0 fully saturated rings. The molecule has 19 heavy (non-hydrogen) atoms. The maximum atomic E-state index is 10.8. The number of halogens is 1. The standard InChI is InChI=1S/C12H10BrN3O3/c1-7-5-8(14)6-15-12(7)19-10-4-2-3-9(11(10)13)16(17)18/h2-6H,14H2,1H3. The molecule has 0 atom stereocenters. The molecule has 1 aromatic carbocycles. The molecular weight excluding hydrogens is 314 g/mol. The molecule has 0 aliphatic heterocycles. The number of nitrogen functional groups attached to an aromatic ring is 1. The van der Waals surface area contributed by atoms with Crippen molar-refractivity contribution in [3.63, 3.8) is 0 Å². The zero-order valence-corrected chi connectivity index (χ0v) is 11.5. The van der Waals surface area contributed by atoms with Crippen LogP contribution < -0.4 is 10.5 Å². The number of nitro benzene ring substituents is 1. The fourth-order valence-electron chi connectivity index (χ4n) is 1.51. The van der Waals surface area contributed by atoms with Gasteiger partial charge in [0, 0.05) is 11.6 Å². The van der Waals surface area contributed by atoms with Gasteiger partial charge in [0.15, 0.2) is 5.75 Å². The lowest BCUT2D eigenvalue weighted by Crippen LogP contribution is -1.96. The largest absolute Gasteiger partial charge is 0.437 e. The number of aryl methyl sites for hydroxylation is 1. The van der Waals surface area contributed by atoms with Crippen molar-refractivity contribution in [1.82, 2.24) is 4.98 Å². The van der Waals surface area contributed by atoms with Crippen LogP contribution in [0.4, 0.5) is 11.4 Å². The van der Waals surface area contributed by atoms with Crippen LogP contribution in [-0.4, -0.2) is 9.91 Å². The van der Waals surface area contributed by atoms with Crippen LogP contribution in [0.25, 0.3) is 0 Å². The number of anilines is 1. The smallest absolute Gasteiger partial charge is 0.287 e. The van der Waals surface area contributed by atoms with Gasteiger partial charge in [0.2, 0.25) is 5.88 Å². The summed E-state index contributed by atoms with van der Waals surface area (Å²) in [5.74, 6) is 0.685. The highest BCUT2D eigenvalue weighted by molar-refractivity contribution is 9.10. The fourth-order valence-corrected chi connectivity index (χ4v) is 2.00. The Morgan fingerprint density at radius 2 is 2.21 bits per heavy atom. The van der Waals surface area contributed by atoms with E-state index in [4.69, 9.17) is 10.5 Å². The summed E-state index contributed by atoms with van der Waals surface area (Å²) in [5, 5.41) is 10.8. The lowest BCUT2D eigenvalue weighted by atomic mass is 10.3. The molecule has 98 valence electrons. The van der Waals surface area contributed by atoms with Crippen molar-refractivity contribution in [3.8, 4) is 11.6 Å². The number of nitrogens with zero attached hydrogens (tertiary/aromatic N) is 2. The van der Waals surface area contributed by atoms with Gasteiger partial charge in [-0.2, -0.15) is 0 Å². The molecule has 7 heteroatoms. The summed E-state index contributed by atoms with van der Waals surface area (Å²) in [4.78, 5) is 14.4. The maximum absolute atomic E-state index is 10.8. The van der Waals surface area contributed by atoms with E-state index in [0.717, 1.165) is 5.56 Å². The Labute approximate surface area is 117 Å². The van der Waals surface area contributed by atoms with Gasteiger partial charge >= 0.3 is 0 Å². The molecular formula is C12H10BrN3O3. The first-order valence-corrected chi connectivity index (χ1v) is 6.11. The second-order valence-electron chi connectivity index (χ2n) is 3.84. The summed E-state index contributed by atoms with van der Waals surface area (Å²) in [6, 6.07) is 6.27. The molecule has 0 unspecified atom stereocenters. The minimum absolute atomic E-state index is 0.0643. The number of hydrogen-bond donors (Lipinski definition) is 1. The number of rotatable bonds is 3. The van der Waals surface area contributed by atoms with Crippen LogP contribution in [0.5, 0.6) is 11.6 Å². The summed E-state index contributed by atoms with van der Waals surface area (Å²) in [6.07, 6.45) is 1.47. The Bertz CT molecular complexity index is 646. The predicted octanol–water partition coefficient (Wildman–Crippen LogP) is 3.44. The normalized spacial score (nSPS) is 10.2. The molecule has 0 bridgehead atoms. The monoisotopic (exact) mass is 323 g/mol. The second kappa shape index (κ2) is 5.23. The molecule has 0 saturated heterocycles. The van der Waals surface area contributed by atoms with Crippen LogP contribution in [0.15, 0.2) is 34.9 Å². The van der Waals surface area contributed by atoms with Crippen LogP contribution >= 0.6 is 15.9 Å². The van der Waals surface area contributed by atoms with Crippen molar-refractivity contribution in [2.24, 2.45) is 0 Å². The molecule has 0 saturated carbocycles. The molecule has 2 aromatic rings. The van der Waals surface area contributed by atoms with E-state index in [2.05, 4.69) is 20.9 Å². The third-order valence-electron chi connectivity index (χ3n) is 2.40. The van der Waals surface area contributed by atoms with E-state index in [1.165, 1.54) is 12.3 Å². The van der Waals surface area contributed by atoms with Gasteiger partial charge in [0.1, 0.15) is 4.47 Å². The lowest BCUT2D eigenvalue weighted by molar-refractivity contribution is -0.385. The Kier molecular flexibility index (Phi) is 3.66. The van der Waals surface area contributed by atoms with Crippen molar-refractivity contribution < 1.29 is 9.66 Å². The van der Waals surface area contributed by atoms with Gasteiger partial charge in [0.25, 0.3) is 5.69 Å². The van der Waals surface area contributed by atoms with Gasteiger partial charge in [-0.1, -0.05) is 6.07 Å². The number of benzene rings is 1. The fraction of sp³-hybridized carbons (Fsp3) is 0.0833. The van der Waals surface area contributed by atoms with Crippen LogP contribution in [0.3, 0.4) is 0 Å². The van der Waals surface area contributed by atoms with Crippen LogP contribution in [0.2, 0.25) is 0 Å². The number of pyridine rings is 1. The molecule has 6 nitrogen and oxygen atoms in total. The van der Waals surface area contributed by atoms with Crippen LogP contribution in [0.1, 0.15) is 5.56 Å². The summed E-state index contributed by atoms with van der Waals surface area (Å²) in [6.45, 7) is 1.80. The van der Waals surface area contributed by atoms with E-state index in [1.807, 2.05) is 0 Å². The van der Waals surface area contributed by atoms with E-state index >= 15 is 0 Å². The van der Waals surface area contributed by atoms with Crippen molar-refractivity contribution in [3.05, 3.63) is 50.6 Å². The van der Waals surface area contributed by atoms with Gasteiger partial charge < -0.3 is 10.5 Å².